The third-order valence-corrected chi connectivity index (χ3v) is 12.9. The normalized spacial score (nSPS) is 19.7. The molecule has 0 saturated carbocycles. The number of nitrogens with one attached hydrogen (secondary N) is 2. The molecule has 2 unspecified atom stereocenters. The van der Waals surface area contributed by atoms with Crippen molar-refractivity contribution in [3.8, 4) is 34.5 Å². The standard InChI is InChI=1S/2C26H39N3O8.H2O4S/c2*1-7-36-26(32)23-22(37-23)24(30)27-18(14-16(2)3)25(31)29-12-10-28(11-13-29)15-17-8-9-19(33-4)21(35-6)20(17)34-5;1-5(2,3)4/h2*8-9,16,18,22-23H,7,10-15H2,1-6H3,(H,27,30);(H2,1,2,3,4)/t2*18?,22-,23-;/m00./s1. The van der Waals surface area contributed by atoms with E-state index in [9.17, 15) is 28.8 Å². The molecule has 0 aliphatic carbocycles. The zero-order valence-corrected chi connectivity index (χ0v) is 48.1. The van der Waals surface area contributed by atoms with Gasteiger partial charge in [-0.3, -0.25) is 38.1 Å². The molecule has 4 heterocycles. The molecule has 6 rings (SSSR count). The lowest BCUT2D eigenvalue weighted by molar-refractivity contribution is -0.145. The molecule has 4 N–H and O–H groups in total. The molecule has 0 bridgehead atoms. The number of nitrogens with zero attached hydrogens (tertiary/aromatic N) is 4. The average Bonchev–Trinajstić information content (AvgIpc) is 4.41. The number of benzene rings is 2. The van der Waals surface area contributed by atoms with Crippen LogP contribution in [0.5, 0.6) is 34.5 Å². The van der Waals surface area contributed by atoms with Gasteiger partial charge in [0, 0.05) is 76.6 Å². The van der Waals surface area contributed by atoms with Gasteiger partial charge in [0.25, 0.3) is 11.8 Å². The summed E-state index contributed by atoms with van der Waals surface area (Å²) < 4.78 is 84.7. The number of carbonyl (C=O) groups is 6. The number of ether oxygens (including phenoxy) is 10. The molecule has 27 heteroatoms. The fourth-order valence-electron chi connectivity index (χ4n) is 9.08. The van der Waals surface area contributed by atoms with Gasteiger partial charge in [0.15, 0.2) is 47.4 Å². The monoisotopic (exact) mass is 1140 g/mol. The van der Waals surface area contributed by atoms with Crippen molar-refractivity contribution in [3.05, 3.63) is 35.4 Å². The van der Waals surface area contributed by atoms with Crippen LogP contribution in [0.15, 0.2) is 24.3 Å². The molecular formula is C52H80N6O20S. The van der Waals surface area contributed by atoms with Crippen LogP contribution in [0.4, 0.5) is 0 Å². The Morgan fingerprint density at radius 2 is 0.848 bits per heavy atom. The minimum Gasteiger partial charge on any atom is -0.493 e. The highest BCUT2D eigenvalue weighted by atomic mass is 32.3. The van der Waals surface area contributed by atoms with Crippen LogP contribution >= 0.6 is 0 Å². The number of piperazine rings is 2. The minimum atomic E-state index is -4.67. The van der Waals surface area contributed by atoms with E-state index in [1.54, 1.807) is 66.3 Å². The van der Waals surface area contributed by atoms with E-state index < -0.39 is 70.7 Å². The number of amides is 4. The van der Waals surface area contributed by atoms with E-state index in [1.165, 1.54) is 0 Å². The lowest BCUT2D eigenvalue weighted by atomic mass is 10.0. The predicted octanol–water partition coefficient (Wildman–Crippen LogP) is 1.78. The molecule has 26 nitrogen and oxygen atoms in total. The van der Waals surface area contributed by atoms with Gasteiger partial charge in [-0.1, -0.05) is 39.8 Å². The van der Waals surface area contributed by atoms with Crippen molar-refractivity contribution >= 4 is 46.0 Å². The molecule has 444 valence electrons. The molecule has 4 saturated heterocycles. The quantitative estimate of drug-likeness (QED) is 0.0661. The molecule has 4 amide bonds. The highest BCUT2D eigenvalue weighted by Gasteiger charge is 2.53. The van der Waals surface area contributed by atoms with Gasteiger partial charge < -0.3 is 67.8 Å². The van der Waals surface area contributed by atoms with Crippen LogP contribution < -0.4 is 39.1 Å². The first-order chi connectivity index (χ1) is 37.5. The third-order valence-electron chi connectivity index (χ3n) is 12.9. The molecule has 2 aromatic carbocycles. The maximum absolute atomic E-state index is 13.4. The van der Waals surface area contributed by atoms with Crippen LogP contribution in [-0.4, -0.2) is 217 Å². The summed E-state index contributed by atoms with van der Waals surface area (Å²) in [5.41, 5.74) is 1.93. The lowest BCUT2D eigenvalue weighted by Crippen LogP contribution is -2.55. The highest BCUT2D eigenvalue weighted by molar-refractivity contribution is 7.79. The van der Waals surface area contributed by atoms with E-state index >= 15 is 0 Å². The molecule has 2 aromatic rings. The van der Waals surface area contributed by atoms with Crippen LogP contribution in [0.1, 0.15) is 65.5 Å². The molecule has 0 radical (unpaired) electrons. The van der Waals surface area contributed by atoms with Crippen LogP contribution in [-0.2, 0) is 71.2 Å². The van der Waals surface area contributed by atoms with E-state index in [-0.39, 0.29) is 36.9 Å². The van der Waals surface area contributed by atoms with Crippen LogP contribution in [0, 0.1) is 11.8 Å². The topological polar surface area (TPSA) is 313 Å². The third kappa shape index (κ3) is 19.5. The Morgan fingerprint density at radius 1 is 0.532 bits per heavy atom. The summed E-state index contributed by atoms with van der Waals surface area (Å²) >= 11 is 0. The second-order valence-electron chi connectivity index (χ2n) is 19.5. The fourth-order valence-corrected chi connectivity index (χ4v) is 9.08. The van der Waals surface area contributed by atoms with Crippen molar-refractivity contribution in [2.45, 2.75) is 104 Å². The van der Waals surface area contributed by atoms with Crippen molar-refractivity contribution in [3.63, 3.8) is 0 Å². The fraction of sp³-hybridized carbons (Fsp3) is 0.654. The lowest BCUT2D eigenvalue weighted by Gasteiger charge is -2.37. The van der Waals surface area contributed by atoms with Crippen LogP contribution in [0.3, 0.4) is 0 Å². The van der Waals surface area contributed by atoms with Crippen LogP contribution in [0.25, 0.3) is 0 Å². The number of esters is 2. The van der Waals surface area contributed by atoms with Gasteiger partial charge >= 0.3 is 22.3 Å². The molecule has 0 aromatic heterocycles. The summed E-state index contributed by atoms with van der Waals surface area (Å²) in [6, 6.07) is 6.25. The number of methoxy groups -OCH3 is 6. The van der Waals surface area contributed by atoms with E-state index in [2.05, 4.69) is 20.4 Å². The summed E-state index contributed by atoms with van der Waals surface area (Å²) in [6.07, 6.45) is -2.63. The minimum absolute atomic E-state index is 0.126. The second-order valence-corrected chi connectivity index (χ2v) is 20.4. The van der Waals surface area contributed by atoms with E-state index in [4.69, 9.17) is 64.9 Å². The molecule has 6 atom stereocenters. The van der Waals surface area contributed by atoms with Gasteiger partial charge in [0.05, 0.1) is 55.9 Å². The summed E-state index contributed by atoms with van der Waals surface area (Å²) in [5, 5.41) is 5.61. The Bertz CT molecular complexity index is 2320. The summed E-state index contributed by atoms with van der Waals surface area (Å²) in [5.74, 6) is 1.64. The molecule has 79 heavy (non-hydrogen) atoms. The SMILES string of the molecule is CCOC(=O)[C@H]1O[C@@H]1C(=O)NC(CC(C)C)C(=O)N1CCN(Cc2ccc(OC)c(OC)c2OC)CC1.CCOC(=O)[C@H]1O[C@@H]1C(=O)NC(CC(C)C)C(=O)N1CCN(Cc2ccc(OC)c(OC)c2OC)CC1.O=S(=O)(O)O. The number of carbonyl (C=O) groups excluding carboxylic acids is 6. The summed E-state index contributed by atoms with van der Waals surface area (Å²) in [6.45, 7) is 17.9. The van der Waals surface area contributed by atoms with E-state index in [0.717, 1.165) is 11.1 Å². The Kier molecular flexibility index (Phi) is 25.6. The largest absolute Gasteiger partial charge is 0.493 e. The molecule has 4 aliphatic rings. The average molecular weight is 1140 g/mol. The Labute approximate surface area is 462 Å². The van der Waals surface area contributed by atoms with Gasteiger partial charge in [-0.15, -0.1) is 0 Å². The first-order valence-electron chi connectivity index (χ1n) is 26.0. The first-order valence-corrected chi connectivity index (χ1v) is 27.4. The van der Waals surface area contributed by atoms with E-state index in [0.29, 0.717) is 113 Å². The maximum Gasteiger partial charge on any atom is 0.394 e. The highest BCUT2D eigenvalue weighted by Crippen LogP contribution is 2.41. The molecule has 0 spiro atoms. The van der Waals surface area contributed by atoms with E-state index in [1.807, 2.05) is 52.0 Å². The number of epoxide rings is 2. The zero-order valence-electron chi connectivity index (χ0n) is 47.3. The molecule has 4 fully saturated rings. The van der Waals surface area contributed by atoms with Gasteiger partial charge in [-0.05, 0) is 50.7 Å². The van der Waals surface area contributed by atoms with Crippen molar-refractivity contribution in [2.24, 2.45) is 11.8 Å². The predicted molar refractivity (Wildman–Crippen MR) is 283 cm³/mol. The Morgan fingerprint density at radius 3 is 1.11 bits per heavy atom. The van der Waals surface area contributed by atoms with Crippen molar-refractivity contribution in [1.29, 1.82) is 0 Å². The maximum atomic E-state index is 13.4. The van der Waals surface area contributed by atoms with Crippen molar-refractivity contribution in [1.82, 2.24) is 30.2 Å². The first kappa shape index (κ1) is 65.3. The summed E-state index contributed by atoms with van der Waals surface area (Å²) in [7, 11) is 4.85. The summed E-state index contributed by atoms with van der Waals surface area (Å²) in [4.78, 5) is 83.7. The van der Waals surface area contributed by atoms with Crippen molar-refractivity contribution in [2.75, 3.05) is 108 Å². The van der Waals surface area contributed by atoms with Gasteiger partial charge in [-0.2, -0.15) is 8.42 Å². The number of hydrogen-bond donors (Lipinski definition) is 4. The van der Waals surface area contributed by atoms with Crippen molar-refractivity contribution < 1.29 is 93.7 Å². The molecular weight excluding hydrogens is 1060 g/mol. The van der Waals surface area contributed by atoms with Gasteiger partial charge in [0.1, 0.15) is 12.1 Å². The van der Waals surface area contributed by atoms with Gasteiger partial charge in [-0.25, -0.2) is 9.59 Å². The van der Waals surface area contributed by atoms with Gasteiger partial charge in [0.2, 0.25) is 23.3 Å². The van der Waals surface area contributed by atoms with Crippen LogP contribution in [0.2, 0.25) is 0 Å². The zero-order chi connectivity index (χ0) is 58.7. The Hall–Kier alpha value is -6.23. The smallest absolute Gasteiger partial charge is 0.394 e. The molecule has 4 aliphatic heterocycles. The Balaban J connectivity index is 0.000000313. The number of hydrogen-bond acceptors (Lipinski definition) is 20. The second kappa shape index (κ2) is 30.9. The number of rotatable bonds is 24.